The maximum Gasteiger partial charge on any atom is 0.132 e. The third-order valence-corrected chi connectivity index (χ3v) is 5.99. The SMILES string of the molecule is Fc1cc(-c2cccs2)c(F)cc1/C=C/c1cc(F)c(-c2cccs2)cc1F. The van der Waals surface area contributed by atoms with Crippen LogP contribution < -0.4 is 0 Å². The van der Waals surface area contributed by atoms with Crippen LogP contribution in [-0.2, 0) is 0 Å². The Morgan fingerprint density at radius 1 is 0.571 bits per heavy atom. The molecule has 140 valence electrons. The summed E-state index contributed by atoms with van der Waals surface area (Å²) in [5.41, 5.74) is 0.254. The molecule has 0 bridgehead atoms. The van der Waals surface area contributed by atoms with Gasteiger partial charge in [0.2, 0.25) is 0 Å². The Bertz CT molecular complexity index is 1050. The molecule has 4 aromatic rings. The molecule has 0 amide bonds. The van der Waals surface area contributed by atoms with Crippen molar-refractivity contribution in [1.29, 1.82) is 0 Å². The highest BCUT2D eigenvalue weighted by Gasteiger charge is 2.13. The van der Waals surface area contributed by atoms with E-state index in [1.807, 2.05) is 0 Å². The Kier molecular flexibility index (Phi) is 5.15. The summed E-state index contributed by atoms with van der Waals surface area (Å²) in [6.45, 7) is 0. The highest BCUT2D eigenvalue weighted by Crippen LogP contribution is 2.31. The van der Waals surface area contributed by atoms with Crippen LogP contribution in [0.15, 0.2) is 59.3 Å². The van der Waals surface area contributed by atoms with Crippen LogP contribution in [-0.4, -0.2) is 0 Å². The van der Waals surface area contributed by atoms with Crippen molar-refractivity contribution in [3.63, 3.8) is 0 Å². The highest BCUT2D eigenvalue weighted by atomic mass is 32.1. The minimum Gasteiger partial charge on any atom is -0.206 e. The number of hydrogen-bond donors (Lipinski definition) is 0. The van der Waals surface area contributed by atoms with Crippen LogP contribution in [0.1, 0.15) is 11.1 Å². The van der Waals surface area contributed by atoms with Gasteiger partial charge in [0, 0.05) is 32.0 Å². The van der Waals surface area contributed by atoms with Crippen molar-refractivity contribution in [3.05, 3.63) is 93.7 Å². The Balaban J connectivity index is 1.66. The van der Waals surface area contributed by atoms with E-state index >= 15 is 0 Å². The van der Waals surface area contributed by atoms with E-state index in [0.717, 1.165) is 24.3 Å². The molecule has 0 aliphatic heterocycles. The summed E-state index contributed by atoms with van der Waals surface area (Å²) in [4.78, 5) is 1.23. The molecule has 2 aromatic heterocycles. The van der Waals surface area contributed by atoms with E-state index in [0.29, 0.717) is 9.75 Å². The van der Waals surface area contributed by atoms with Gasteiger partial charge in [0.1, 0.15) is 23.3 Å². The van der Waals surface area contributed by atoms with Gasteiger partial charge in [-0.1, -0.05) is 24.3 Å². The largest absolute Gasteiger partial charge is 0.206 e. The van der Waals surface area contributed by atoms with E-state index in [1.54, 1.807) is 35.0 Å². The van der Waals surface area contributed by atoms with Crippen molar-refractivity contribution in [2.75, 3.05) is 0 Å². The molecule has 0 aliphatic rings. The van der Waals surface area contributed by atoms with Crippen LogP contribution in [0.4, 0.5) is 17.6 Å². The summed E-state index contributed by atoms with van der Waals surface area (Å²) in [6, 6.07) is 11.2. The lowest BCUT2D eigenvalue weighted by molar-refractivity contribution is 0.600. The molecule has 0 spiro atoms. The first kappa shape index (κ1) is 18.7. The summed E-state index contributed by atoms with van der Waals surface area (Å²) in [5.74, 6) is -2.44. The third-order valence-electron chi connectivity index (χ3n) is 4.19. The lowest BCUT2D eigenvalue weighted by Gasteiger charge is -2.06. The van der Waals surface area contributed by atoms with Gasteiger partial charge in [-0.3, -0.25) is 0 Å². The van der Waals surface area contributed by atoms with E-state index in [9.17, 15) is 17.6 Å². The number of benzene rings is 2. The smallest absolute Gasteiger partial charge is 0.132 e. The van der Waals surface area contributed by atoms with Gasteiger partial charge in [-0.25, -0.2) is 17.6 Å². The predicted octanol–water partition coefficient (Wildman–Crippen LogP) is 7.87. The van der Waals surface area contributed by atoms with Crippen LogP contribution in [0.5, 0.6) is 0 Å². The average Bonchev–Trinajstić information content (AvgIpc) is 3.38. The lowest BCUT2D eigenvalue weighted by atomic mass is 10.1. The van der Waals surface area contributed by atoms with E-state index < -0.39 is 23.3 Å². The third kappa shape index (κ3) is 3.66. The Morgan fingerprint density at radius 3 is 1.36 bits per heavy atom. The van der Waals surface area contributed by atoms with Crippen LogP contribution in [0.25, 0.3) is 33.0 Å². The fraction of sp³-hybridized carbons (Fsp3) is 0. The molecular weight excluding hydrogens is 404 g/mol. The van der Waals surface area contributed by atoms with Crippen molar-refractivity contribution >= 4 is 34.8 Å². The van der Waals surface area contributed by atoms with Gasteiger partial charge in [0.15, 0.2) is 0 Å². The standard InChI is InChI=1S/C22H12F4S2/c23-17-11-15(21-3-1-7-27-21)19(25)9-13(17)5-6-14-10-20(26)16(12-18(14)24)22-4-2-8-28-22/h1-12H/b6-5+. The van der Waals surface area contributed by atoms with Gasteiger partial charge < -0.3 is 0 Å². The monoisotopic (exact) mass is 416 g/mol. The molecule has 0 saturated heterocycles. The van der Waals surface area contributed by atoms with Crippen molar-refractivity contribution in [1.82, 2.24) is 0 Å². The number of hydrogen-bond acceptors (Lipinski definition) is 2. The molecule has 6 heteroatoms. The van der Waals surface area contributed by atoms with Gasteiger partial charge in [-0.05, 0) is 47.2 Å². The summed E-state index contributed by atoms with van der Waals surface area (Å²) in [5, 5.41) is 3.55. The normalized spacial score (nSPS) is 11.4. The van der Waals surface area contributed by atoms with Crippen LogP contribution >= 0.6 is 22.7 Å². The summed E-state index contributed by atoms with van der Waals surface area (Å²) < 4.78 is 57.4. The van der Waals surface area contributed by atoms with E-state index in [4.69, 9.17) is 0 Å². The molecule has 0 fully saturated rings. The first-order valence-electron chi connectivity index (χ1n) is 8.27. The minimum atomic E-state index is -0.642. The molecule has 2 heterocycles. The molecule has 0 saturated carbocycles. The Labute approximate surface area is 167 Å². The Hall–Kier alpha value is -2.70. The Morgan fingerprint density at radius 2 is 1.00 bits per heavy atom. The van der Waals surface area contributed by atoms with Crippen molar-refractivity contribution in [3.8, 4) is 20.9 Å². The average molecular weight is 416 g/mol. The summed E-state index contributed by atoms with van der Waals surface area (Å²) in [7, 11) is 0. The molecule has 0 unspecified atom stereocenters. The molecule has 0 radical (unpaired) electrons. The molecule has 4 rings (SSSR count). The predicted molar refractivity (Wildman–Crippen MR) is 108 cm³/mol. The molecule has 0 atom stereocenters. The number of thiophene rings is 2. The first-order chi connectivity index (χ1) is 13.5. The molecule has 28 heavy (non-hydrogen) atoms. The van der Waals surface area contributed by atoms with Crippen LogP contribution in [0.3, 0.4) is 0 Å². The molecular formula is C22H12F4S2. The zero-order valence-electron chi connectivity index (χ0n) is 14.3. The van der Waals surface area contributed by atoms with Gasteiger partial charge >= 0.3 is 0 Å². The minimum absolute atomic E-state index is 0.0417. The topological polar surface area (TPSA) is 0 Å². The fourth-order valence-corrected chi connectivity index (χ4v) is 4.29. The number of halogens is 4. The van der Waals surface area contributed by atoms with Crippen LogP contribution in [0.2, 0.25) is 0 Å². The molecule has 0 N–H and O–H groups in total. The van der Waals surface area contributed by atoms with E-state index in [-0.39, 0.29) is 22.3 Å². The van der Waals surface area contributed by atoms with Crippen LogP contribution in [0, 0.1) is 23.3 Å². The maximum atomic E-state index is 14.4. The fourth-order valence-electron chi connectivity index (χ4n) is 2.80. The quantitative estimate of drug-likeness (QED) is 0.235. The second-order valence-electron chi connectivity index (χ2n) is 6.00. The van der Waals surface area contributed by atoms with Gasteiger partial charge in [-0.15, -0.1) is 22.7 Å². The summed E-state index contributed by atoms with van der Waals surface area (Å²) in [6.07, 6.45) is 2.47. The molecule has 2 aromatic carbocycles. The maximum absolute atomic E-state index is 14.4. The number of rotatable bonds is 4. The van der Waals surface area contributed by atoms with E-state index in [2.05, 4.69) is 0 Å². The summed E-state index contributed by atoms with van der Waals surface area (Å²) >= 11 is 2.61. The first-order valence-corrected chi connectivity index (χ1v) is 10.0. The van der Waals surface area contributed by atoms with E-state index in [1.165, 1.54) is 34.8 Å². The second-order valence-corrected chi connectivity index (χ2v) is 7.89. The van der Waals surface area contributed by atoms with Crippen molar-refractivity contribution < 1.29 is 17.6 Å². The zero-order chi connectivity index (χ0) is 19.7. The van der Waals surface area contributed by atoms with Crippen molar-refractivity contribution in [2.24, 2.45) is 0 Å². The zero-order valence-corrected chi connectivity index (χ0v) is 15.9. The van der Waals surface area contributed by atoms with Gasteiger partial charge in [0.05, 0.1) is 0 Å². The molecule has 0 nitrogen and oxygen atoms in total. The van der Waals surface area contributed by atoms with Gasteiger partial charge in [-0.2, -0.15) is 0 Å². The van der Waals surface area contributed by atoms with Crippen molar-refractivity contribution in [2.45, 2.75) is 0 Å². The highest BCUT2D eigenvalue weighted by molar-refractivity contribution is 7.13. The second kappa shape index (κ2) is 7.73. The van der Waals surface area contributed by atoms with Gasteiger partial charge in [0.25, 0.3) is 0 Å². The lowest BCUT2D eigenvalue weighted by Crippen LogP contribution is -1.91. The molecule has 0 aliphatic carbocycles.